The van der Waals surface area contributed by atoms with Crippen LogP contribution in [0.4, 0.5) is 0 Å². The summed E-state index contributed by atoms with van der Waals surface area (Å²) >= 11 is 0. The molecule has 0 aliphatic heterocycles. The van der Waals surface area contributed by atoms with Crippen molar-refractivity contribution in [2.75, 3.05) is 0 Å². The van der Waals surface area contributed by atoms with E-state index in [9.17, 15) is 0 Å². The predicted molar refractivity (Wildman–Crippen MR) is 70.0 cm³/mol. The molecule has 0 bridgehead atoms. The molecule has 0 atom stereocenters. The lowest BCUT2D eigenvalue weighted by Gasteiger charge is -2.03. The standard InChI is InChI=1S/C15H15N3/c1-10-3-4-12(7-11(10)2)13-8-17-14(18-13)15(9-16)5-6-15/h3-4,7-8H,5-6H2,1-2H3,(H,17,18). The largest absolute Gasteiger partial charge is 0.341 e. The van der Waals surface area contributed by atoms with Crippen LogP contribution in [0.15, 0.2) is 24.4 Å². The van der Waals surface area contributed by atoms with Gasteiger partial charge in [0.15, 0.2) is 0 Å². The number of aromatic amines is 1. The number of nitriles is 1. The molecule has 1 heterocycles. The van der Waals surface area contributed by atoms with Crippen molar-refractivity contribution in [2.45, 2.75) is 32.1 Å². The van der Waals surface area contributed by atoms with Gasteiger partial charge in [0.1, 0.15) is 11.2 Å². The maximum Gasteiger partial charge on any atom is 0.127 e. The Morgan fingerprint density at radius 1 is 1.28 bits per heavy atom. The van der Waals surface area contributed by atoms with E-state index in [2.05, 4.69) is 48.1 Å². The van der Waals surface area contributed by atoms with Gasteiger partial charge in [-0.05, 0) is 49.4 Å². The number of nitrogens with one attached hydrogen (secondary N) is 1. The molecule has 90 valence electrons. The van der Waals surface area contributed by atoms with E-state index in [1.165, 1.54) is 11.1 Å². The molecule has 1 aromatic carbocycles. The van der Waals surface area contributed by atoms with Crippen LogP contribution in [0.2, 0.25) is 0 Å². The van der Waals surface area contributed by atoms with E-state index in [1.807, 2.05) is 6.20 Å². The molecule has 0 amide bonds. The predicted octanol–water partition coefficient (Wildman–Crippen LogP) is 3.25. The topological polar surface area (TPSA) is 52.5 Å². The SMILES string of the molecule is Cc1ccc(-c2cnc(C3(C#N)CC3)[nH]2)cc1C. The van der Waals surface area contributed by atoms with Gasteiger partial charge >= 0.3 is 0 Å². The number of aryl methyl sites for hydroxylation is 2. The summed E-state index contributed by atoms with van der Waals surface area (Å²) in [6.07, 6.45) is 3.67. The van der Waals surface area contributed by atoms with Gasteiger partial charge in [-0.15, -0.1) is 0 Å². The van der Waals surface area contributed by atoms with Gasteiger partial charge in [0.05, 0.1) is 18.0 Å². The van der Waals surface area contributed by atoms with Crippen LogP contribution in [-0.2, 0) is 5.41 Å². The second kappa shape index (κ2) is 3.71. The van der Waals surface area contributed by atoms with Crippen molar-refractivity contribution in [3.63, 3.8) is 0 Å². The van der Waals surface area contributed by atoms with Crippen molar-refractivity contribution in [2.24, 2.45) is 0 Å². The number of aromatic nitrogens is 2. The molecule has 0 radical (unpaired) electrons. The van der Waals surface area contributed by atoms with Crippen molar-refractivity contribution in [1.29, 1.82) is 5.26 Å². The quantitative estimate of drug-likeness (QED) is 0.871. The molecule has 1 aliphatic rings. The lowest BCUT2D eigenvalue weighted by molar-refractivity contribution is 0.822. The van der Waals surface area contributed by atoms with Crippen molar-refractivity contribution in [3.8, 4) is 17.3 Å². The van der Waals surface area contributed by atoms with E-state index in [4.69, 9.17) is 5.26 Å². The Balaban J connectivity index is 1.98. The van der Waals surface area contributed by atoms with Gasteiger partial charge in [-0.1, -0.05) is 12.1 Å². The lowest BCUT2D eigenvalue weighted by atomic mass is 10.0. The second-order valence-electron chi connectivity index (χ2n) is 5.14. The number of imidazole rings is 1. The molecule has 3 nitrogen and oxygen atoms in total. The zero-order valence-corrected chi connectivity index (χ0v) is 10.6. The fourth-order valence-electron chi connectivity index (χ4n) is 2.15. The third-order valence-electron chi connectivity index (χ3n) is 3.81. The molecular weight excluding hydrogens is 222 g/mol. The molecule has 0 unspecified atom stereocenters. The zero-order chi connectivity index (χ0) is 12.8. The average molecular weight is 237 g/mol. The van der Waals surface area contributed by atoms with Gasteiger partial charge in [0, 0.05) is 0 Å². The highest BCUT2D eigenvalue weighted by molar-refractivity contribution is 5.61. The van der Waals surface area contributed by atoms with Gasteiger partial charge in [-0.2, -0.15) is 5.26 Å². The summed E-state index contributed by atoms with van der Waals surface area (Å²) in [6.45, 7) is 4.21. The van der Waals surface area contributed by atoms with Crippen LogP contribution in [0.3, 0.4) is 0 Å². The third-order valence-corrected chi connectivity index (χ3v) is 3.81. The third kappa shape index (κ3) is 1.62. The molecule has 1 aliphatic carbocycles. The Labute approximate surface area is 106 Å². The van der Waals surface area contributed by atoms with Gasteiger partial charge in [-0.3, -0.25) is 0 Å². The summed E-state index contributed by atoms with van der Waals surface area (Å²) in [5, 5.41) is 9.16. The molecule has 2 aromatic rings. The first-order chi connectivity index (χ1) is 8.64. The van der Waals surface area contributed by atoms with Crippen LogP contribution in [-0.4, -0.2) is 9.97 Å². The van der Waals surface area contributed by atoms with E-state index >= 15 is 0 Å². The first-order valence-electron chi connectivity index (χ1n) is 6.19. The maximum atomic E-state index is 9.16. The van der Waals surface area contributed by atoms with E-state index < -0.39 is 0 Å². The van der Waals surface area contributed by atoms with Crippen molar-refractivity contribution < 1.29 is 0 Å². The zero-order valence-electron chi connectivity index (χ0n) is 10.6. The minimum Gasteiger partial charge on any atom is -0.341 e. The number of hydrogen-bond donors (Lipinski definition) is 1. The molecule has 1 aromatic heterocycles. The minimum atomic E-state index is -0.335. The normalized spacial score (nSPS) is 16.3. The highest BCUT2D eigenvalue weighted by Gasteiger charge is 2.47. The molecule has 3 rings (SSSR count). The fourth-order valence-corrected chi connectivity index (χ4v) is 2.15. The Morgan fingerprint density at radius 2 is 2.06 bits per heavy atom. The molecule has 18 heavy (non-hydrogen) atoms. The van der Waals surface area contributed by atoms with Crippen LogP contribution < -0.4 is 0 Å². The summed E-state index contributed by atoms with van der Waals surface area (Å²) < 4.78 is 0. The molecular formula is C15H15N3. The van der Waals surface area contributed by atoms with E-state index in [1.54, 1.807) is 0 Å². The van der Waals surface area contributed by atoms with Gasteiger partial charge in [-0.25, -0.2) is 4.98 Å². The van der Waals surface area contributed by atoms with Crippen LogP contribution in [0, 0.1) is 25.2 Å². The monoisotopic (exact) mass is 237 g/mol. The van der Waals surface area contributed by atoms with Gasteiger partial charge < -0.3 is 4.98 Å². The molecule has 3 heteroatoms. The van der Waals surface area contributed by atoms with Gasteiger partial charge in [0.25, 0.3) is 0 Å². The van der Waals surface area contributed by atoms with Gasteiger partial charge in [0.2, 0.25) is 0 Å². The lowest BCUT2D eigenvalue weighted by Crippen LogP contribution is -2.04. The second-order valence-corrected chi connectivity index (χ2v) is 5.14. The number of benzene rings is 1. The first kappa shape index (κ1) is 11.0. The molecule has 1 N–H and O–H groups in total. The van der Waals surface area contributed by atoms with Crippen molar-refractivity contribution >= 4 is 0 Å². The van der Waals surface area contributed by atoms with Crippen molar-refractivity contribution in [3.05, 3.63) is 41.3 Å². The Kier molecular flexibility index (Phi) is 2.27. The summed E-state index contributed by atoms with van der Waals surface area (Å²) in [5.74, 6) is 0.818. The fraction of sp³-hybridized carbons (Fsp3) is 0.333. The number of nitrogens with zero attached hydrogens (tertiary/aromatic N) is 2. The maximum absolute atomic E-state index is 9.16. The Bertz CT molecular complexity index is 642. The number of H-pyrrole nitrogens is 1. The molecule has 0 saturated heterocycles. The van der Waals surface area contributed by atoms with E-state index in [0.717, 1.165) is 29.9 Å². The van der Waals surface area contributed by atoms with Crippen LogP contribution in [0.5, 0.6) is 0 Å². The highest BCUT2D eigenvalue weighted by Crippen LogP contribution is 2.46. The summed E-state index contributed by atoms with van der Waals surface area (Å²) in [4.78, 5) is 7.67. The summed E-state index contributed by atoms with van der Waals surface area (Å²) in [5.41, 5.74) is 4.34. The van der Waals surface area contributed by atoms with Crippen LogP contribution in [0.1, 0.15) is 29.8 Å². The van der Waals surface area contributed by atoms with Crippen molar-refractivity contribution in [1.82, 2.24) is 9.97 Å². The molecule has 0 spiro atoms. The Hall–Kier alpha value is -2.08. The number of hydrogen-bond acceptors (Lipinski definition) is 2. The summed E-state index contributed by atoms with van der Waals surface area (Å²) in [6, 6.07) is 8.71. The summed E-state index contributed by atoms with van der Waals surface area (Å²) in [7, 11) is 0. The van der Waals surface area contributed by atoms with Crippen LogP contribution in [0.25, 0.3) is 11.3 Å². The van der Waals surface area contributed by atoms with E-state index in [0.29, 0.717) is 0 Å². The highest BCUT2D eigenvalue weighted by atomic mass is 15.0. The Morgan fingerprint density at radius 3 is 2.67 bits per heavy atom. The van der Waals surface area contributed by atoms with Crippen LogP contribution >= 0.6 is 0 Å². The number of rotatable bonds is 2. The van der Waals surface area contributed by atoms with E-state index in [-0.39, 0.29) is 5.41 Å². The molecule has 1 saturated carbocycles. The smallest absolute Gasteiger partial charge is 0.127 e. The molecule has 1 fully saturated rings. The minimum absolute atomic E-state index is 0.335. The first-order valence-corrected chi connectivity index (χ1v) is 6.19. The average Bonchev–Trinajstić information content (AvgIpc) is 3.02.